The van der Waals surface area contributed by atoms with Crippen molar-refractivity contribution in [2.75, 3.05) is 6.54 Å². The van der Waals surface area contributed by atoms with Crippen LogP contribution in [0.3, 0.4) is 0 Å². The van der Waals surface area contributed by atoms with Gasteiger partial charge < -0.3 is 10.4 Å². The van der Waals surface area contributed by atoms with Crippen LogP contribution < -0.4 is 5.32 Å². The van der Waals surface area contributed by atoms with Crippen molar-refractivity contribution < 1.29 is 14.7 Å². The zero-order valence-electron chi connectivity index (χ0n) is 17.4. The molecule has 2 N–H and O–H groups in total. The van der Waals surface area contributed by atoms with Gasteiger partial charge in [-0.25, -0.2) is 14.6 Å². The summed E-state index contributed by atoms with van der Waals surface area (Å²) in [4.78, 5) is 32.6. The van der Waals surface area contributed by atoms with E-state index in [-0.39, 0.29) is 24.8 Å². The molecule has 1 amide bonds. The first-order chi connectivity index (χ1) is 13.1. The van der Waals surface area contributed by atoms with Gasteiger partial charge in [0.15, 0.2) is 0 Å². The van der Waals surface area contributed by atoms with Gasteiger partial charge in [-0.15, -0.1) is 0 Å². The Balaban J connectivity index is 2.13. The Morgan fingerprint density at radius 1 is 1.14 bits per heavy atom. The van der Waals surface area contributed by atoms with Crippen LogP contribution in [0.4, 0.5) is 0 Å². The molecule has 8 nitrogen and oxygen atoms in total. The van der Waals surface area contributed by atoms with Gasteiger partial charge in [0.1, 0.15) is 0 Å². The standard InChI is InChI=1S/C20H29N5O3/c1-11(2)7-16(19(27)28)10-21-18(26)9-17-14(5)24-25(15(17)6)20-22-12(3)8-13(4)23-20/h8,11,16H,7,9-10H2,1-6H3,(H,21,26)(H,27,28). The summed E-state index contributed by atoms with van der Waals surface area (Å²) in [5.41, 5.74) is 4.02. The average Bonchev–Trinajstić information content (AvgIpc) is 2.85. The van der Waals surface area contributed by atoms with Crippen LogP contribution >= 0.6 is 0 Å². The Labute approximate surface area is 165 Å². The maximum Gasteiger partial charge on any atom is 0.308 e. The first kappa shape index (κ1) is 21.5. The normalized spacial score (nSPS) is 12.2. The van der Waals surface area contributed by atoms with Crippen molar-refractivity contribution >= 4 is 11.9 Å². The summed E-state index contributed by atoms with van der Waals surface area (Å²) in [6.07, 6.45) is 0.659. The van der Waals surface area contributed by atoms with Gasteiger partial charge in [-0.1, -0.05) is 13.8 Å². The van der Waals surface area contributed by atoms with Crippen molar-refractivity contribution in [3.05, 3.63) is 34.4 Å². The maximum atomic E-state index is 12.4. The quantitative estimate of drug-likeness (QED) is 0.719. The molecular weight excluding hydrogens is 358 g/mol. The highest BCUT2D eigenvalue weighted by atomic mass is 16.4. The van der Waals surface area contributed by atoms with Crippen LogP contribution in [0.1, 0.15) is 48.6 Å². The molecule has 28 heavy (non-hydrogen) atoms. The number of amides is 1. The fraction of sp³-hybridized carbons (Fsp3) is 0.550. The van der Waals surface area contributed by atoms with Crippen LogP contribution in [0.5, 0.6) is 0 Å². The Hall–Kier alpha value is -2.77. The molecule has 0 aromatic carbocycles. The zero-order valence-corrected chi connectivity index (χ0v) is 17.4. The van der Waals surface area contributed by atoms with Gasteiger partial charge in [0.2, 0.25) is 5.91 Å². The molecule has 2 rings (SSSR count). The van der Waals surface area contributed by atoms with Gasteiger partial charge in [0.25, 0.3) is 5.95 Å². The van der Waals surface area contributed by atoms with Crippen molar-refractivity contribution in [2.24, 2.45) is 11.8 Å². The molecule has 1 unspecified atom stereocenters. The number of nitrogens with one attached hydrogen (secondary N) is 1. The van der Waals surface area contributed by atoms with Crippen LogP contribution in [-0.2, 0) is 16.0 Å². The van der Waals surface area contributed by atoms with E-state index in [4.69, 9.17) is 0 Å². The summed E-state index contributed by atoms with van der Waals surface area (Å²) in [5.74, 6) is -0.966. The summed E-state index contributed by atoms with van der Waals surface area (Å²) in [7, 11) is 0. The number of carboxylic acid groups (broad SMARTS) is 1. The number of aryl methyl sites for hydroxylation is 3. The van der Waals surface area contributed by atoms with E-state index in [0.717, 1.165) is 28.3 Å². The third-order valence-electron chi connectivity index (χ3n) is 4.59. The summed E-state index contributed by atoms with van der Waals surface area (Å²) >= 11 is 0. The molecular formula is C20H29N5O3. The van der Waals surface area contributed by atoms with Crippen molar-refractivity contribution in [3.8, 4) is 5.95 Å². The second-order valence-electron chi connectivity index (χ2n) is 7.66. The number of carbonyl (C=O) groups is 2. The van der Waals surface area contributed by atoms with Crippen LogP contribution in [-0.4, -0.2) is 43.3 Å². The number of nitrogens with zero attached hydrogens (tertiary/aromatic N) is 4. The third-order valence-corrected chi connectivity index (χ3v) is 4.59. The molecule has 0 aliphatic heterocycles. The number of carboxylic acids is 1. The molecule has 2 aromatic rings. The van der Waals surface area contributed by atoms with Crippen LogP contribution in [0, 0.1) is 39.5 Å². The lowest BCUT2D eigenvalue weighted by Crippen LogP contribution is -2.34. The van der Waals surface area contributed by atoms with E-state index >= 15 is 0 Å². The van der Waals surface area contributed by atoms with Gasteiger partial charge in [0, 0.05) is 29.2 Å². The van der Waals surface area contributed by atoms with E-state index in [2.05, 4.69) is 20.4 Å². The van der Waals surface area contributed by atoms with E-state index in [1.807, 2.05) is 47.6 Å². The van der Waals surface area contributed by atoms with Gasteiger partial charge >= 0.3 is 5.97 Å². The monoisotopic (exact) mass is 387 g/mol. The highest BCUT2D eigenvalue weighted by Crippen LogP contribution is 2.17. The molecule has 1 atom stereocenters. The Kier molecular flexibility index (Phi) is 6.88. The second-order valence-corrected chi connectivity index (χ2v) is 7.66. The number of aromatic nitrogens is 4. The Bertz CT molecular complexity index is 853. The van der Waals surface area contributed by atoms with E-state index < -0.39 is 11.9 Å². The minimum atomic E-state index is -0.888. The minimum absolute atomic E-state index is 0.124. The number of hydrogen-bond acceptors (Lipinski definition) is 5. The van der Waals surface area contributed by atoms with E-state index in [1.165, 1.54) is 0 Å². The Morgan fingerprint density at radius 2 is 1.75 bits per heavy atom. The highest BCUT2D eigenvalue weighted by Gasteiger charge is 2.21. The van der Waals surface area contributed by atoms with Gasteiger partial charge in [-0.2, -0.15) is 5.10 Å². The molecule has 0 fully saturated rings. The van der Waals surface area contributed by atoms with Crippen molar-refractivity contribution in [3.63, 3.8) is 0 Å². The number of rotatable bonds is 8. The molecule has 0 saturated heterocycles. The lowest BCUT2D eigenvalue weighted by Gasteiger charge is -2.15. The summed E-state index contributed by atoms with van der Waals surface area (Å²) in [6.45, 7) is 11.6. The summed E-state index contributed by atoms with van der Waals surface area (Å²) in [5, 5.41) is 16.6. The molecule has 152 valence electrons. The minimum Gasteiger partial charge on any atom is -0.481 e. The van der Waals surface area contributed by atoms with E-state index in [0.29, 0.717) is 12.4 Å². The van der Waals surface area contributed by atoms with Crippen molar-refractivity contribution in [1.29, 1.82) is 0 Å². The molecule has 2 aromatic heterocycles. The van der Waals surface area contributed by atoms with Crippen molar-refractivity contribution in [1.82, 2.24) is 25.1 Å². The summed E-state index contributed by atoms with van der Waals surface area (Å²) < 4.78 is 1.65. The molecule has 0 aliphatic carbocycles. The molecule has 0 spiro atoms. The smallest absolute Gasteiger partial charge is 0.308 e. The largest absolute Gasteiger partial charge is 0.481 e. The van der Waals surface area contributed by atoms with Gasteiger partial charge in [-0.3, -0.25) is 9.59 Å². The SMILES string of the molecule is Cc1cc(C)nc(-n2nc(C)c(CC(=O)NCC(CC(C)C)C(=O)O)c2C)n1. The van der Waals surface area contributed by atoms with Crippen molar-refractivity contribution in [2.45, 2.75) is 54.4 Å². The predicted octanol–water partition coefficient (Wildman–Crippen LogP) is 2.30. The number of aliphatic carboxylic acids is 1. The fourth-order valence-corrected chi connectivity index (χ4v) is 3.23. The predicted molar refractivity (Wildman–Crippen MR) is 105 cm³/mol. The van der Waals surface area contributed by atoms with Gasteiger partial charge in [0.05, 0.1) is 18.0 Å². The molecule has 2 heterocycles. The Morgan fingerprint density at radius 3 is 2.29 bits per heavy atom. The van der Waals surface area contributed by atoms with Crippen LogP contribution in [0.2, 0.25) is 0 Å². The first-order valence-corrected chi connectivity index (χ1v) is 9.45. The number of carbonyl (C=O) groups excluding carboxylic acids is 1. The van der Waals surface area contributed by atoms with E-state index in [9.17, 15) is 14.7 Å². The van der Waals surface area contributed by atoms with E-state index in [1.54, 1.807) is 4.68 Å². The molecule has 0 saturated carbocycles. The van der Waals surface area contributed by atoms with Crippen LogP contribution in [0.25, 0.3) is 5.95 Å². The fourth-order valence-electron chi connectivity index (χ4n) is 3.23. The molecule has 8 heteroatoms. The third kappa shape index (κ3) is 5.37. The zero-order chi connectivity index (χ0) is 21.0. The van der Waals surface area contributed by atoms with Gasteiger partial charge in [-0.05, 0) is 46.1 Å². The average molecular weight is 387 g/mol. The second kappa shape index (κ2) is 8.95. The molecule has 0 aliphatic rings. The first-order valence-electron chi connectivity index (χ1n) is 9.45. The van der Waals surface area contributed by atoms with Crippen LogP contribution in [0.15, 0.2) is 6.07 Å². The lowest BCUT2D eigenvalue weighted by molar-refractivity contribution is -0.142. The lowest BCUT2D eigenvalue weighted by atomic mass is 9.97. The number of hydrogen-bond donors (Lipinski definition) is 2. The highest BCUT2D eigenvalue weighted by molar-refractivity contribution is 5.80. The maximum absolute atomic E-state index is 12.4. The molecule has 0 bridgehead atoms. The molecule has 0 radical (unpaired) electrons. The summed E-state index contributed by atoms with van der Waals surface area (Å²) in [6, 6.07) is 1.89. The topological polar surface area (TPSA) is 110 Å².